The molecule has 1 aliphatic heterocycles. The Kier molecular flexibility index (Phi) is 4.21. The molecule has 2 N–H and O–H groups in total. The number of thioether (sulfide) groups is 1. The molecule has 0 atom stereocenters. The normalized spacial score (nSPS) is 17.7. The highest BCUT2D eigenvalue weighted by molar-refractivity contribution is 8.18. The van der Waals surface area contributed by atoms with Crippen LogP contribution in [0.4, 0.5) is 5.69 Å². The summed E-state index contributed by atoms with van der Waals surface area (Å²) in [7, 11) is 0. The molecule has 0 aliphatic carbocycles. The number of carbonyl (C=O) groups excluding carboxylic acids is 1. The Morgan fingerprint density at radius 1 is 1.17 bits per heavy atom. The van der Waals surface area contributed by atoms with Crippen molar-refractivity contribution in [3.8, 4) is 5.75 Å². The van der Waals surface area contributed by atoms with Gasteiger partial charge in [0.1, 0.15) is 5.75 Å². The fourth-order valence-corrected chi connectivity index (χ4v) is 3.12. The Balaban J connectivity index is 1.86. The molecule has 4 nitrogen and oxygen atoms in total. The smallest absolute Gasteiger partial charge is 0.264 e. The van der Waals surface area contributed by atoms with Gasteiger partial charge in [-0.15, -0.1) is 0 Å². The number of nitrogens with zero attached hydrogens (tertiary/aromatic N) is 1. The zero-order chi connectivity index (χ0) is 16.4. The number of aryl methyl sites for hydroxylation is 2. The maximum Gasteiger partial charge on any atom is 0.264 e. The lowest BCUT2D eigenvalue weighted by Gasteiger charge is -2.02. The molecule has 0 unspecified atom stereocenters. The fourth-order valence-electron chi connectivity index (χ4n) is 2.29. The first-order valence-corrected chi connectivity index (χ1v) is 7.99. The lowest BCUT2D eigenvalue weighted by molar-refractivity contribution is -0.115. The lowest BCUT2D eigenvalue weighted by atomic mass is 10.1. The molecule has 1 amide bonds. The molecule has 0 radical (unpaired) electrons. The van der Waals surface area contributed by atoms with E-state index in [0.717, 1.165) is 16.8 Å². The Hall–Kier alpha value is -2.53. The summed E-state index contributed by atoms with van der Waals surface area (Å²) in [6.45, 7) is 4.03. The van der Waals surface area contributed by atoms with Gasteiger partial charge < -0.3 is 10.4 Å². The summed E-state index contributed by atoms with van der Waals surface area (Å²) in [5, 5.41) is 12.8. The number of carbonyl (C=O) groups is 1. The van der Waals surface area contributed by atoms with Crippen LogP contribution in [0.1, 0.15) is 16.7 Å². The molecule has 1 aliphatic rings. The number of nitrogens with one attached hydrogen (secondary N) is 1. The van der Waals surface area contributed by atoms with Crippen LogP contribution in [0, 0.1) is 13.8 Å². The van der Waals surface area contributed by atoms with Gasteiger partial charge in [-0.2, -0.15) is 0 Å². The number of aliphatic imine (C=N–C) groups is 1. The first-order chi connectivity index (χ1) is 11.0. The van der Waals surface area contributed by atoms with Gasteiger partial charge in [0.2, 0.25) is 0 Å². The largest absolute Gasteiger partial charge is 0.508 e. The first-order valence-electron chi connectivity index (χ1n) is 7.17. The van der Waals surface area contributed by atoms with Crippen molar-refractivity contribution in [3.63, 3.8) is 0 Å². The third-order valence-corrected chi connectivity index (χ3v) is 4.30. The van der Waals surface area contributed by atoms with Gasteiger partial charge in [-0.3, -0.25) is 4.79 Å². The van der Waals surface area contributed by atoms with Crippen molar-refractivity contribution in [1.29, 1.82) is 0 Å². The summed E-state index contributed by atoms with van der Waals surface area (Å²) in [6.07, 6.45) is 1.74. The van der Waals surface area contributed by atoms with Crippen molar-refractivity contribution in [2.45, 2.75) is 13.8 Å². The second-order valence-corrected chi connectivity index (χ2v) is 6.40. The molecule has 1 saturated heterocycles. The monoisotopic (exact) mass is 324 g/mol. The predicted molar refractivity (Wildman–Crippen MR) is 94.8 cm³/mol. The standard InChI is InChI=1S/C18H16N2O2S/c1-11-6-7-15(12(2)8-11)19-18-20-17(22)16(23-18)10-13-4-3-5-14(21)9-13/h3-10,21H,1-2H3,(H,19,20,22)/b16-10+. The number of rotatable bonds is 2. The van der Waals surface area contributed by atoms with Crippen LogP contribution in [0.15, 0.2) is 52.4 Å². The summed E-state index contributed by atoms with van der Waals surface area (Å²) in [4.78, 5) is 17.1. The van der Waals surface area contributed by atoms with Crippen LogP contribution in [0.2, 0.25) is 0 Å². The number of benzene rings is 2. The Morgan fingerprint density at radius 2 is 2.00 bits per heavy atom. The maximum absolute atomic E-state index is 12.1. The van der Waals surface area contributed by atoms with E-state index in [-0.39, 0.29) is 11.7 Å². The Bertz CT molecular complexity index is 841. The van der Waals surface area contributed by atoms with Crippen LogP contribution in [-0.4, -0.2) is 16.2 Å². The van der Waals surface area contributed by atoms with Crippen molar-refractivity contribution < 1.29 is 9.90 Å². The maximum atomic E-state index is 12.1. The highest BCUT2D eigenvalue weighted by Crippen LogP contribution is 2.29. The summed E-state index contributed by atoms with van der Waals surface area (Å²) >= 11 is 1.30. The number of aromatic hydroxyl groups is 1. The molecule has 0 bridgehead atoms. The number of amides is 1. The number of hydrogen-bond acceptors (Lipinski definition) is 4. The summed E-state index contributed by atoms with van der Waals surface area (Å²) in [6, 6.07) is 12.8. The summed E-state index contributed by atoms with van der Waals surface area (Å²) < 4.78 is 0. The third kappa shape index (κ3) is 3.63. The SMILES string of the molecule is Cc1ccc(N=C2NC(=O)/C(=C\c3cccc(O)c3)S2)c(C)c1. The second kappa shape index (κ2) is 6.30. The van der Waals surface area contributed by atoms with Gasteiger partial charge in [-0.1, -0.05) is 29.8 Å². The van der Waals surface area contributed by atoms with Gasteiger partial charge >= 0.3 is 0 Å². The Morgan fingerprint density at radius 3 is 2.74 bits per heavy atom. The lowest BCUT2D eigenvalue weighted by Crippen LogP contribution is -2.19. The van der Waals surface area contributed by atoms with E-state index in [4.69, 9.17) is 0 Å². The minimum Gasteiger partial charge on any atom is -0.508 e. The van der Waals surface area contributed by atoms with Crippen molar-refractivity contribution in [3.05, 3.63) is 64.1 Å². The van der Waals surface area contributed by atoms with Crippen LogP contribution in [0.25, 0.3) is 6.08 Å². The second-order valence-electron chi connectivity index (χ2n) is 5.37. The van der Waals surface area contributed by atoms with E-state index >= 15 is 0 Å². The number of phenolic OH excluding ortho intramolecular Hbond substituents is 1. The molecule has 1 heterocycles. The molecule has 0 saturated carbocycles. The van der Waals surface area contributed by atoms with Gasteiger partial charge in [0.15, 0.2) is 5.17 Å². The van der Waals surface area contributed by atoms with E-state index in [9.17, 15) is 9.90 Å². The quantitative estimate of drug-likeness (QED) is 0.824. The van der Waals surface area contributed by atoms with Gasteiger partial charge in [0, 0.05) is 0 Å². The molecule has 0 spiro atoms. The minimum atomic E-state index is -0.179. The van der Waals surface area contributed by atoms with E-state index in [1.54, 1.807) is 24.3 Å². The minimum absolute atomic E-state index is 0.173. The molecule has 2 aromatic rings. The van der Waals surface area contributed by atoms with Crippen LogP contribution in [0.5, 0.6) is 5.75 Å². The van der Waals surface area contributed by atoms with Crippen molar-refractivity contribution in [2.24, 2.45) is 4.99 Å². The average molecular weight is 324 g/mol. The number of amidine groups is 1. The van der Waals surface area contributed by atoms with E-state index in [2.05, 4.69) is 16.4 Å². The van der Waals surface area contributed by atoms with Gasteiger partial charge in [0.25, 0.3) is 5.91 Å². The van der Waals surface area contributed by atoms with Crippen molar-refractivity contribution >= 4 is 34.6 Å². The zero-order valence-corrected chi connectivity index (χ0v) is 13.6. The third-order valence-electron chi connectivity index (χ3n) is 3.39. The van der Waals surface area contributed by atoms with Crippen LogP contribution in [-0.2, 0) is 4.79 Å². The van der Waals surface area contributed by atoms with Crippen LogP contribution >= 0.6 is 11.8 Å². The summed E-state index contributed by atoms with van der Waals surface area (Å²) in [5.41, 5.74) is 3.87. The molecule has 23 heavy (non-hydrogen) atoms. The number of hydrogen-bond donors (Lipinski definition) is 2. The molecule has 5 heteroatoms. The Labute approximate surface area is 139 Å². The molecular formula is C18H16N2O2S. The zero-order valence-electron chi connectivity index (χ0n) is 12.8. The van der Waals surface area contributed by atoms with Crippen molar-refractivity contribution in [1.82, 2.24) is 5.32 Å². The average Bonchev–Trinajstić information content (AvgIpc) is 2.82. The number of phenols is 1. The topological polar surface area (TPSA) is 61.7 Å². The van der Waals surface area contributed by atoms with E-state index in [1.165, 1.54) is 17.3 Å². The molecule has 1 fully saturated rings. The molecular weight excluding hydrogens is 308 g/mol. The predicted octanol–water partition coefficient (Wildman–Crippen LogP) is 3.90. The van der Waals surface area contributed by atoms with Gasteiger partial charge in [-0.25, -0.2) is 4.99 Å². The van der Waals surface area contributed by atoms with E-state index in [1.807, 2.05) is 32.0 Å². The summed E-state index contributed by atoms with van der Waals surface area (Å²) in [5.74, 6) is -0.00576. The highest BCUT2D eigenvalue weighted by Gasteiger charge is 2.23. The van der Waals surface area contributed by atoms with E-state index in [0.29, 0.717) is 10.1 Å². The van der Waals surface area contributed by atoms with Crippen LogP contribution in [0.3, 0.4) is 0 Å². The fraction of sp³-hybridized carbons (Fsp3) is 0.111. The van der Waals surface area contributed by atoms with Gasteiger partial charge in [-0.05, 0) is 61.0 Å². The highest BCUT2D eigenvalue weighted by atomic mass is 32.2. The van der Waals surface area contributed by atoms with Gasteiger partial charge in [0.05, 0.1) is 10.6 Å². The molecule has 2 aromatic carbocycles. The van der Waals surface area contributed by atoms with Crippen LogP contribution < -0.4 is 5.32 Å². The molecule has 116 valence electrons. The van der Waals surface area contributed by atoms with E-state index < -0.39 is 0 Å². The molecule has 3 rings (SSSR count). The molecule has 0 aromatic heterocycles. The van der Waals surface area contributed by atoms with Crippen molar-refractivity contribution in [2.75, 3.05) is 0 Å². The first kappa shape index (κ1) is 15.4.